The first-order valence-corrected chi connectivity index (χ1v) is 8.13. The van der Waals surface area contributed by atoms with Gasteiger partial charge in [-0.25, -0.2) is 4.98 Å². The molecule has 1 aromatic rings. The average molecular weight is 411 g/mol. The van der Waals surface area contributed by atoms with E-state index < -0.39 is 17.6 Å². The summed E-state index contributed by atoms with van der Waals surface area (Å²) in [5, 5.41) is 0. The van der Waals surface area contributed by atoms with E-state index >= 15 is 0 Å². The molecule has 0 aromatic carbocycles. The fraction of sp³-hybridized carbons (Fsp3) is 0.692. The lowest BCUT2D eigenvalue weighted by Gasteiger charge is -2.22. The van der Waals surface area contributed by atoms with E-state index in [1.807, 2.05) is 25.3 Å². The molecule has 2 N–H and O–H groups in total. The largest absolute Gasteiger partial charge is 0.459 e. The highest BCUT2D eigenvalue weighted by atomic mass is 79.9. The average Bonchev–Trinajstić information content (AvgIpc) is 2.55. The minimum Gasteiger partial charge on any atom is -0.459 e. The van der Waals surface area contributed by atoms with E-state index in [-0.39, 0.29) is 0 Å². The number of nitrogens with zero attached hydrogens (tertiary/aromatic N) is 2. The van der Waals surface area contributed by atoms with Gasteiger partial charge in [0, 0.05) is 6.42 Å². The van der Waals surface area contributed by atoms with Crippen LogP contribution in [0.5, 0.6) is 0 Å². The monoisotopic (exact) mass is 409 g/mol. The summed E-state index contributed by atoms with van der Waals surface area (Å²) < 4.78 is 8.71. The van der Waals surface area contributed by atoms with E-state index in [2.05, 4.69) is 43.8 Å². The van der Waals surface area contributed by atoms with Crippen LogP contribution in [0.2, 0.25) is 0 Å². The summed E-state index contributed by atoms with van der Waals surface area (Å²) >= 11 is 6.83. The molecule has 0 radical (unpaired) electrons. The zero-order valence-corrected chi connectivity index (χ0v) is 15.4. The van der Waals surface area contributed by atoms with Gasteiger partial charge in [0.1, 0.15) is 26.7 Å². The maximum absolute atomic E-state index is 11.9. The lowest BCUT2D eigenvalue weighted by Crippen LogP contribution is -2.40. The number of imidazole rings is 1. The zero-order valence-electron chi connectivity index (χ0n) is 12.2. The van der Waals surface area contributed by atoms with Crippen molar-refractivity contribution < 1.29 is 9.53 Å². The molecule has 20 heavy (non-hydrogen) atoms. The van der Waals surface area contributed by atoms with Crippen molar-refractivity contribution in [3.05, 3.63) is 15.0 Å². The third kappa shape index (κ3) is 4.86. The molecule has 1 heterocycles. The van der Waals surface area contributed by atoms with Gasteiger partial charge in [-0.1, -0.05) is 6.92 Å². The van der Waals surface area contributed by atoms with Gasteiger partial charge in [-0.15, -0.1) is 0 Å². The summed E-state index contributed by atoms with van der Waals surface area (Å²) in [7, 11) is 0. The summed E-state index contributed by atoms with van der Waals surface area (Å²) in [6.07, 6.45) is 1.79. The second-order valence-electron chi connectivity index (χ2n) is 5.61. The highest BCUT2D eigenvalue weighted by molar-refractivity contribution is 9.13. The van der Waals surface area contributed by atoms with Crippen molar-refractivity contribution in [1.82, 2.24) is 9.55 Å². The van der Waals surface area contributed by atoms with Crippen molar-refractivity contribution in [2.24, 2.45) is 5.73 Å². The number of carbonyl (C=O) groups is 1. The molecule has 0 amide bonds. The predicted octanol–water partition coefficient (Wildman–Crippen LogP) is 3.03. The molecule has 114 valence electrons. The highest BCUT2D eigenvalue weighted by Gasteiger charge is 2.24. The van der Waals surface area contributed by atoms with Gasteiger partial charge in [0.2, 0.25) is 0 Å². The molecule has 0 spiro atoms. The molecule has 0 aliphatic rings. The second-order valence-corrected chi connectivity index (χ2v) is 7.11. The Morgan fingerprint density at radius 3 is 2.55 bits per heavy atom. The third-order valence-electron chi connectivity index (χ3n) is 2.51. The van der Waals surface area contributed by atoms with Crippen LogP contribution in [0.1, 0.15) is 39.9 Å². The Balaban J connectivity index is 2.84. The molecule has 1 atom stereocenters. The fourth-order valence-corrected chi connectivity index (χ4v) is 2.55. The number of ether oxygens (including phenoxy) is 1. The summed E-state index contributed by atoms with van der Waals surface area (Å²) in [5.74, 6) is 0.488. The Labute approximate surface area is 136 Å². The topological polar surface area (TPSA) is 70.1 Å². The predicted molar refractivity (Wildman–Crippen MR) is 85.4 cm³/mol. The number of hydrogen-bond acceptors (Lipinski definition) is 4. The molecule has 0 bridgehead atoms. The first-order chi connectivity index (χ1) is 9.15. The summed E-state index contributed by atoms with van der Waals surface area (Å²) in [6.45, 7) is 7.88. The number of esters is 1. The minimum absolute atomic E-state index is 0.337. The van der Waals surface area contributed by atoms with Crippen molar-refractivity contribution in [3.8, 4) is 0 Å². The van der Waals surface area contributed by atoms with Crippen LogP contribution in [-0.4, -0.2) is 27.2 Å². The van der Waals surface area contributed by atoms with Crippen LogP contribution in [0.15, 0.2) is 9.21 Å². The van der Waals surface area contributed by atoms with Crippen LogP contribution in [0.25, 0.3) is 0 Å². The van der Waals surface area contributed by atoms with Crippen molar-refractivity contribution in [3.63, 3.8) is 0 Å². The lowest BCUT2D eigenvalue weighted by atomic mass is 10.2. The molecule has 0 saturated carbocycles. The van der Waals surface area contributed by atoms with Crippen LogP contribution in [-0.2, 0) is 22.5 Å². The van der Waals surface area contributed by atoms with Gasteiger partial charge in [-0.2, -0.15) is 0 Å². The second kappa shape index (κ2) is 7.04. The van der Waals surface area contributed by atoms with Gasteiger partial charge in [-0.05, 0) is 59.1 Å². The van der Waals surface area contributed by atoms with Crippen molar-refractivity contribution in [1.29, 1.82) is 0 Å². The molecule has 7 heteroatoms. The Morgan fingerprint density at radius 2 is 2.05 bits per heavy atom. The number of rotatable bonds is 5. The molecule has 1 unspecified atom stereocenters. The van der Waals surface area contributed by atoms with Gasteiger partial charge >= 0.3 is 5.97 Å². The number of nitrogens with two attached hydrogens (primary N) is 1. The molecule has 1 aromatic heterocycles. The Bertz CT molecular complexity index is 481. The summed E-state index contributed by atoms with van der Waals surface area (Å²) in [6, 6.07) is -0.720. The number of hydrogen-bond donors (Lipinski definition) is 1. The first-order valence-electron chi connectivity index (χ1n) is 6.54. The van der Waals surface area contributed by atoms with Crippen LogP contribution >= 0.6 is 31.9 Å². The number of carbonyl (C=O) groups excluding carboxylic acids is 1. The van der Waals surface area contributed by atoms with E-state index in [0.717, 1.165) is 27.9 Å². The van der Waals surface area contributed by atoms with Crippen LogP contribution < -0.4 is 5.73 Å². The van der Waals surface area contributed by atoms with E-state index in [9.17, 15) is 4.79 Å². The smallest absolute Gasteiger partial charge is 0.325 e. The molecule has 0 aliphatic heterocycles. The van der Waals surface area contributed by atoms with Crippen molar-refractivity contribution in [2.75, 3.05) is 0 Å². The Morgan fingerprint density at radius 1 is 1.45 bits per heavy atom. The van der Waals surface area contributed by atoms with Crippen LogP contribution in [0.3, 0.4) is 0 Å². The normalized spacial score (nSPS) is 13.3. The van der Waals surface area contributed by atoms with E-state index in [1.54, 1.807) is 0 Å². The van der Waals surface area contributed by atoms with Crippen LogP contribution in [0, 0.1) is 0 Å². The van der Waals surface area contributed by atoms with Gasteiger partial charge in [0.15, 0.2) is 0 Å². The van der Waals surface area contributed by atoms with Gasteiger partial charge in [0.05, 0.1) is 6.54 Å². The zero-order chi connectivity index (χ0) is 15.5. The minimum atomic E-state index is -0.720. The first kappa shape index (κ1) is 17.7. The molecule has 1 rings (SSSR count). The summed E-state index contributed by atoms with van der Waals surface area (Å²) in [5.41, 5.74) is 5.41. The quantitative estimate of drug-likeness (QED) is 0.757. The molecule has 0 fully saturated rings. The maximum atomic E-state index is 11.9. The molecule has 0 aliphatic carbocycles. The number of aromatic nitrogens is 2. The van der Waals surface area contributed by atoms with Crippen LogP contribution in [0.4, 0.5) is 0 Å². The van der Waals surface area contributed by atoms with E-state index in [1.165, 1.54) is 0 Å². The summed E-state index contributed by atoms with van der Waals surface area (Å²) in [4.78, 5) is 16.4. The fourth-order valence-electron chi connectivity index (χ4n) is 1.69. The van der Waals surface area contributed by atoms with E-state index in [0.29, 0.717) is 6.54 Å². The number of aryl methyl sites for hydroxylation is 1. The van der Waals surface area contributed by atoms with Crippen molar-refractivity contribution >= 4 is 37.8 Å². The van der Waals surface area contributed by atoms with Gasteiger partial charge in [-0.3, -0.25) is 4.79 Å². The van der Waals surface area contributed by atoms with E-state index in [4.69, 9.17) is 10.5 Å². The lowest BCUT2D eigenvalue weighted by molar-refractivity contribution is -0.156. The van der Waals surface area contributed by atoms with Gasteiger partial charge in [0.25, 0.3) is 0 Å². The standard InChI is InChI=1S/C13H21Br2N3O2/c1-5-6-9-17-10(14)11(15)18(9)7-8(16)12(19)20-13(2,3)4/h8H,5-7,16H2,1-4H3. The molecule has 5 nitrogen and oxygen atoms in total. The Kier molecular flexibility index (Phi) is 6.22. The SMILES string of the molecule is CCCc1nc(Br)c(Br)n1CC(N)C(=O)OC(C)(C)C. The third-order valence-corrected chi connectivity index (χ3v) is 4.40. The maximum Gasteiger partial charge on any atom is 0.325 e. The molecule has 0 saturated heterocycles. The number of halogens is 2. The highest BCUT2D eigenvalue weighted by Crippen LogP contribution is 2.25. The van der Waals surface area contributed by atoms with Gasteiger partial charge < -0.3 is 15.0 Å². The Hall–Kier alpha value is -0.400. The molecular weight excluding hydrogens is 390 g/mol. The molecular formula is C13H21Br2N3O2. The van der Waals surface area contributed by atoms with Crippen molar-refractivity contribution in [2.45, 2.75) is 58.7 Å².